The molecule has 0 spiro atoms. The van der Waals surface area contributed by atoms with Crippen LogP contribution < -0.4 is 0 Å². The molecule has 20 heavy (non-hydrogen) atoms. The predicted molar refractivity (Wildman–Crippen MR) is 81.7 cm³/mol. The lowest BCUT2D eigenvalue weighted by Gasteiger charge is -2.23. The third-order valence-corrected chi connectivity index (χ3v) is 3.70. The zero-order valence-electron chi connectivity index (χ0n) is 11.7. The highest BCUT2D eigenvalue weighted by atomic mass is 16.3. The van der Waals surface area contributed by atoms with Crippen molar-refractivity contribution >= 4 is 0 Å². The summed E-state index contributed by atoms with van der Waals surface area (Å²) in [5.41, 5.74) is 2.34. The fraction of sp³-hybridized carbons (Fsp3) is 0.333. The van der Waals surface area contributed by atoms with Crippen molar-refractivity contribution in [3.05, 3.63) is 71.8 Å². The number of hydrogen-bond donors (Lipinski definition) is 2. The van der Waals surface area contributed by atoms with E-state index < -0.39 is 6.10 Å². The molecule has 0 saturated heterocycles. The van der Waals surface area contributed by atoms with E-state index in [1.165, 1.54) is 5.56 Å². The van der Waals surface area contributed by atoms with Gasteiger partial charge in [-0.1, -0.05) is 60.7 Å². The second-order valence-electron chi connectivity index (χ2n) is 5.12. The molecule has 0 aliphatic heterocycles. The minimum Gasteiger partial charge on any atom is -0.396 e. The molecular formula is C18H22O2. The second kappa shape index (κ2) is 7.83. The van der Waals surface area contributed by atoms with Crippen LogP contribution in [-0.4, -0.2) is 22.9 Å². The highest BCUT2D eigenvalue weighted by Crippen LogP contribution is 2.26. The van der Waals surface area contributed by atoms with Gasteiger partial charge in [0.05, 0.1) is 6.10 Å². The molecule has 0 amide bonds. The first-order valence-electron chi connectivity index (χ1n) is 7.19. The monoisotopic (exact) mass is 270 g/mol. The molecule has 2 rings (SSSR count). The fourth-order valence-corrected chi connectivity index (χ4v) is 2.58. The lowest BCUT2D eigenvalue weighted by atomic mass is 9.87. The Bertz CT molecular complexity index is 481. The van der Waals surface area contributed by atoms with Crippen LogP contribution in [0.5, 0.6) is 0 Å². The van der Waals surface area contributed by atoms with Gasteiger partial charge in [-0.25, -0.2) is 0 Å². The molecule has 0 aromatic heterocycles. The van der Waals surface area contributed by atoms with Crippen molar-refractivity contribution in [3.63, 3.8) is 0 Å². The predicted octanol–water partition coefficient (Wildman–Crippen LogP) is 3.15. The zero-order chi connectivity index (χ0) is 14.2. The number of aryl methyl sites for hydroxylation is 1. The lowest BCUT2D eigenvalue weighted by Crippen LogP contribution is -2.20. The summed E-state index contributed by atoms with van der Waals surface area (Å²) in [7, 11) is 0. The van der Waals surface area contributed by atoms with Crippen molar-refractivity contribution in [3.8, 4) is 0 Å². The molecule has 0 aliphatic rings. The minimum absolute atomic E-state index is 0.00455. The van der Waals surface area contributed by atoms with Crippen LogP contribution in [0.1, 0.15) is 29.9 Å². The van der Waals surface area contributed by atoms with E-state index in [1.807, 2.05) is 48.5 Å². The SMILES string of the molecule is OCCC(c1ccccc1)C(O)CCc1ccccc1. The number of aliphatic hydroxyl groups excluding tert-OH is 2. The van der Waals surface area contributed by atoms with Crippen molar-refractivity contribution in [1.29, 1.82) is 0 Å². The average Bonchev–Trinajstić information content (AvgIpc) is 2.52. The van der Waals surface area contributed by atoms with Gasteiger partial charge in [-0.3, -0.25) is 0 Å². The molecule has 0 aliphatic carbocycles. The Labute approximate surface area is 120 Å². The lowest BCUT2D eigenvalue weighted by molar-refractivity contribution is 0.117. The number of rotatable bonds is 7. The highest BCUT2D eigenvalue weighted by Gasteiger charge is 2.20. The first-order chi connectivity index (χ1) is 9.81. The first kappa shape index (κ1) is 14.8. The van der Waals surface area contributed by atoms with E-state index in [1.54, 1.807) is 0 Å². The molecule has 106 valence electrons. The molecule has 0 bridgehead atoms. The zero-order valence-corrected chi connectivity index (χ0v) is 11.7. The first-order valence-corrected chi connectivity index (χ1v) is 7.19. The Hall–Kier alpha value is -1.64. The van der Waals surface area contributed by atoms with Crippen molar-refractivity contribution in [2.45, 2.75) is 31.3 Å². The van der Waals surface area contributed by atoms with E-state index in [0.29, 0.717) is 12.8 Å². The van der Waals surface area contributed by atoms with Crippen LogP contribution >= 0.6 is 0 Å². The Morgan fingerprint density at radius 2 is 1.40 bits per heavy atom. The van der Waals surface area contributed by atoms with Gasteiger partial charge in [0.1, 0.15) is 0 Å². The highest BCUT2D eigenvalue weighted by molar-refractivity contribution is 5.21. The molecule has 0 heterocycles. The second-order valence-corrected chi connectivity index (χ2v) is 5.12. The van der Waals surface area contributed by atoms with Gasteiger partial charge in [-0.15, -0.1) is 0 Å². The van der Waals surface area contributed by atoms with E-state index >= 15 is 0 Å². The topological polar surface area (TPSA) is 40.5 Å². The summed E-state index contributed by atoms with van der Waals surface area (Å²) in [5, 5.41) is 19.7. The summed E-state index contributed by atoms with van der Waals surface area (Å²) in [6.45, 7) is 0.0992. The van der Waals surface area contributed by atoms with E-state index in [2.05, 4.69) is 12.1 Å². The Balaban J connectivity index is 1.99. The van der Waals surface area contributed by atoms with Crippen molar-refractivity contribution < 1.29 is 10.2 Å². The molecule has 2 nitrogen and oxygen atoms in total. The molecule has 2 atom stereocenters. The molecule has 2 heteroatoms. The Kier molecular flexibility index (Phi) is 5.78. The molecule has 2 unspecified atom stereocenters. The van der Waals surface area contributed by atoms with E-state index in [0.717, 1.165) is 12.0 Å². The Morgan fingerprint density at radius 3 is 2.00 bits per heavy atom. The normalized spacial score (nSPS) is 13.9. The number of benzene rings is 2. The standard InChI is InChI=1S/C18H22O2/c19-14-13-17(16-9-5-2-6-10-16)18(20)12-11-15-7-3-1-4-8-15/h1-10,17-20H,11-14H2. The maximum absolute atomic E-state index is 10.4. The average molecular weight is 270 g/mol. The Morgan fingerprint density at radius 1 is 0.800 bits per heavy atom. The van der Waals surface area contributed by atoms with Crippen LogP contribution in [0.15, 0.2) is 60.7 Å². The number of hydrogen-bond acceptors (Lipinski definition) is 2. The molecular weight excluding hydrogens is 248 g/mol. The van der Waals surface area contributed by atoms with Crippen LogP contribution in [-0.2, 0) is 6.42 Å². The van der Waals surface area contributed by atoms with E-state index in [-0.39, 0.29) is 12.5 Å². The van der Waals surface area contributed by atoms with Crippen LogP contribution in [0, 0.1) is 0 Å². The van der Waals surface area contributed by atoms with E-state index in [4.69, 9.17) is 0 Å². The summed E-state index contributed by atoms with van der Waals surface area (Å²) < 4.78 is 0. The summed E-state index contributed by atoms with van der Waals surface area (Å²) >= 11 is 0. The maximum atomic E-state index is 10.4. The molecule has 2 aromatic carbocycles. The molecule has 0 fully saturated rings. The number of aliphatic hydroxyl groups is 2. The van der Waals surface area contributed by atoms with Gasteiger partial charge in [0.2, 0.25) is 0 Å². The molecule has 0 radical (unpaired) electrons. The summed E-state index contributed by atoms with van der Waals surface area (Å²) in [5.74, 6) is 0.00455. The molecule has 2 N–H and O–H groups in total. The minimum atomic E-state index is -0.426. The molecule has 0 saturated carbocycles. The van der Waals surface area contributed by atoms with E-state index in [9.17, 15) is 10.2 Å². The van der Waals surface area contributed by atoms with Crippen LogP contribution in [0.2, 0.25) is 0 Å². The summed E-state index contributed by atoms with van der Waals surface area (Å²) in [4.78, 5) is 0. The van der Waals surface area contributed by atoms with Gasteiger partial charge in [0.25, 0.3) is 0 Å². The fourth-order valence-electron chi connectivity index (χ4n) is 2.58. The smallest absolute Gasteiger partial charge is 0.0612 e. The van der Waals surface area contributed by atoms with Gasteiger partial charge in [-0.2, -0.15) is 0 Å². The van der Waals surface area contributed by atoms with Gasteiger partial charge in [0, 0.05) is 12.5 Å². The third-order valence-electron chi connectivity index (χ3n) is 3.70. The van der Waals surface area contributed by atoms with Crippen molar-refractivity contribution in [2.75, 3.05) is 6.61 Å². The van der Waals surface area contributed by atoms with Crippen LogP contribution in [0.3, 0.4) is 0 Å². The largest absolute Gasteiger partial charge is 0.396 e. The van der Waals surface area contributed by atoms with Crippen LogP contribution in [0.4, 0.5) is 0 Å². The van der Waals surface area contributed by atoms with Crippen molar-refractivity contribution in [2.24, 2.45) is 0 Å². The van der Waals surface area contributed by atoms with Gasteiger partial charge >= 0.3 is 0 Å². The van der Waals surface area contributed by atoms with Crippen molar-refractivity contribution in [1.82, 2.24) is 0 Å². The summed E-state index contributed by atoms with van der Waals surface area (Å²) in [6, 6.07) is 20.2. The summed E-state index contributed by atoms with van der Waals surface area (Å²) in [6.07, 6.45) is 1.74. The van der Waals surface area contributed by atoms with Gasteiger partial charge in [0.15, 0.2) is 0 Å². The maximum Gasteiger partial charge on any atom is 0.0612 e. The van der Waals surface area contributed by atoms with Gasteiger partial charge < -0.3 is 10.2 Å². The van der Waals surface area contributed by atoms with Gasteiger partial charge in [-0.05, 0) is 30.4 Å². The quantitative estimate of drug-likeness (QED) is 0.811. The van der Waals surface area contributed by atoms with Crippen LogP contribution in [0.25, 0.3) is 0 Å². The third kappa shape index (κ3) is 4.19. The molecule has 2 aromatic rings.